The van der Waals surface area contributed by atoms with E-state index in [1.807, 2.05) is 18.0 Å². The average Bonchev–Trinajstić information content (AvgIpc) is 2.93. The summed E-state index contributed by atoms with van der Waals surface area (Å²) < 4.78 is 13.7. The Labute approximate surface area is 129 Å². The smallest absolute Gasteiger partial charge is 0.185 e. The van der Waals surface area contributed by atoms with Gasteiger partial charge in [0, 0.05) is 30.6 Å². The van der Waals surface area contributed by atoms with Crippen LogP contribution in [-0.4, -0.2) is 12.0 Å². The molecule has 2 rings (SSSR count). The number of nitrogens with zero attached hydrogens (tertiary/aromatic N) is 2. The van der Waals surface area contributed by atoms with Crippen molar-refractivity contribution in [1.29, 1.82) is 0 Å². The van der Waals surface area contributed by atoms with Gasteiger partial charge >= 0.3 is 0 Å². The molecule has 1 unspecified atom stereocenters. The second kappa shape index (κ2) is 7.00. The van der Waals surface area contributed by atoms with Gasteiger partial charge in [0.15, 0.2) is 5.13 Å². The van der Waals surface area contributed by atoms with E-state index in [0.29, 0.717) is 24.6 Å². The zero-order valence-electron chi connectivity index (χ0n) is 12.8. The third-order valence-electron chi connectivity index (χ3n) is 3.67. The lowest BCUT2D eigenvalue weighted by Crippen LogP contribution is -2.17. The summed E-state index contributed by atoms with van der Waals surface area (Å²) >= 11 is 1.60. The van der Waals surface area contributed by atoms with Crippen molar-refractivity contribution in [3.8, 4) is 0 Å². The van der Waals surface area contributed by atoms with Gasteiger partial charge in [-0.05, 0) is 18.4 Å². The Balaban J connectivity index is 2.21. The molecule has 0 saturated carbocycles. The van der Waals surface area contributed by atoms with Crippen molar-refractivity contribution in [1.82, 2.24) is 4.98 Å². The van der Waals surface area contributed by atoms with E-state index in [-0.39, 0.29) is 5.82 Å². The Morgan fingerprint density at radius 1 is 1.38 bits per heavy atom. The van der Waals surface area contributed by atoms with Gasteiger partial charge in [-0.2, -0.15) is 0 Å². The van der Waals surface area contributed by atoms with Crippen LogP contribution in [0.5, 0.6) is 0 Å². The van der Waals surface area contributed by atoms with Crippen LogP contribution >= 0.6 is 11.3 Å². The van der Waals surface area contributed by atoms with Crippen LogP contribution in [0, 0.1) is 5.82 Å². The van der Waals surface area contributed by atoms with Gasteiger partial charge < -0.3 is 10.6 Å². The van der Waals surface area contributed by atoms with E-state index in [1.165, 1.54) is 6.07 Å². The van der Waals surface area contributed by atoms with Crippen LogP contribution in [0.3, 0.4) is 0 Å². The monoisotopic (exact) mass is 307 g/mol. The fourth-order valence-electron chi connectivity index (χ4n) is 2.19. The molecule has 0 radical (unpaired) electrons. The SMILES string of the molecule is CCC(C)c1nc(N(C)Cc2ccccc2F)sc1CN. The molecule has 0 aliphatic rings. The third kappa shape index (κ3) is 3.60. The van der Waals surface area contributed by atoms with E-state index in [2.05, 4.69) is 13.8 Å². The van der Waals surface area contributed by atoms with Crippen LogP contribution in [0.4, 0.5) is 9.52 Å². The van der Waals surface area contributed by atoms with Crippen molar-refractivity contribution in [3.63, 3.8) is 0 Å². The maximum absolute atomic E-state index is 13.7. The first-order chi connectivity index (χ1) is 10.1. The molecule has 1 aromatic carbocycles. The van der Waals surface area contributed by atoms with Crippen LogP contribution in [0.25, 0.3) is 0 Å². The van der Waals surface area contributed by atoms with Crippen molar-refractivity contribution in [2.75, 3.05) is 11.9 Å². The van der Waals surface area contributed by atoms with Gasteiger partial charge in [-0.3, -0.25) is 0 Å². The van der Waals surface area contributed by atoms with Crippen LogP contribution < -0.4 is 10.6 Å². The molecule has 2 aromatic rings. The lowest BCUT2D eigenvalue weighted by atomic mass is 10.0. The Bertz CT molecular complexity index is 597. The maximum atomic E-state index is 13.7. The molecular weight excluding hydrogens is 285 g/mol. The molecule has 0 amide bonds. The quantitative estimate of drug-likeness (QED) is 0.880. The Morgan fingerprint density at radius 2 is 2.10 bits per heavy atom. The topological polar surface area (TPSA) is 42.2 Å². The number of benzene rings is 1. The van der Waals surface area contributed by atoms with E-state index in [9.17, 15) is 4.39 Å². The van der Waals surface area contributed by atoms with E-state index >= 15 is 0 Å². The van der Waals surface area contributed by atoms with Crippen molar-refractivity contribution in [2.24, 2.45) is 5.73 Å². The maximum Gasteiger partial charge on any atom is 0.185 e. The summed E-state index contributed by atoms with van der Waals surface area (Å²) in [5.74, 6) is 0.220. The van der Waals surface area contributed by atoms with Crippen LogP contribution in [0.1, 0.15) is 42.3 Å². The van der Waals surface area contributed by atoms with E-state index in [1.54, 1.807) is 23.5 Å². The minimum absolute atomic E-state index is 0.179. The van der Waals surface area contributed by atoms with Gasteiger partial charge in [-0.15, -0.1) is 11.3 Å². The molecule has 5 heteroatoms. The second-order valence-corrected chi connectivity index (χ2v) is 6.33. The van der Waals surface area contributed by atoms with Gasteiger partial charge in [0.1, 0.15) is 5.82 Å². The van der Waals surface area contributed by atoms with E-state index in [4.69, 9.17) is 10.7 Å². The number of thiazole rings is 1. The molecule has 0 spiro atoms. The molecule has 1 heterocycles. The first kappa shape index (κ1) is 15.9. The molecule has 0 aliphatic heterocycles. The number of rotatable bonds is 6. The highest BCUT2D eigenvalue weighted by Crippen LogP contribution is 2.32. The lowest BCUT2D eigenvalue weighted by molar-refractivity contribution is 0.607. The number of aromatic nitrogens is 1. The minimum Gasteiger partial charge on any atom is -0.347 e. The van der Waals surface area contributed by atoms with Crippen molar-refractivity contribution < 1.29 is 4.39 Å². The van der Waals surface area contributed by atoms with Crippen LogP contribution in [0.2, 0.25) is 0 Å². The highest BCUT2D eigenvalue weighted by atomic mass is 32.1. The zero-order chi connectivity index (χ0) is 15.4. The standard InChI is InChI=1S/C16H22FN3S/c1-4-11(2)15-14(9-18)21-16(19-15)20(3)10-12-7-5-6-8-13(12)17/h5-8,11H,4,9-10,18H2,1-3H3. The highest BCUT2D eigenvalue weighted by Gasteiger charge is 2.17. The van der Waals surface area contributed by atoms with Gasteiger partial charge in [0.2, 0.25) is 0 Å². The van der Waals surface area contributed by atoms with Gasteiger partial charge in [-0.1, -0.05) is 32.0 Å². The molecule has 21 heavy (non-hydrogen) atoms. The summed E-state index contributed by atoms with van der Waals surface area (Å²) in [5, 5.41) is 0.897. The lowest BCUT2D eigenvalue weighted by Gasteiger charge is -2.16. The number of anilines is 1. The fraction of sp³-hybridized carbons (Fsp3) is 0.438. The van der Waals surface area contributed by atoms with Crippen molar-refractivity contribution >= 4 is 16.5 Å². The molecule has 1 atom stereocenters. The normalized spacial score (nSPS) is 12.4. The molecule has 3 nitrogen and oxygen atoms in total. The van der Waals surface area contributed by atoms with E-state index < -0.39 is 0 Å². The fourth-order valence-corrected chi connectivity index (χ4v) is 3.21. The molecule has 0 bridgehead atoms. The van der Waals surface area contributed by atoms with Gasteiger partial charge in [0.05, 0.1) is 5.69 Å². The number of hydrogen-bond acceptors (Lipinski definition) is 4. The van der Waals surface area contributed by atoms with Gasteiger partial charge in [0.25, 0.3) is 0 Å². The first-order valence-electron chi connectivity index (χ1n) is 7.21. The first-order valence-corrected chi connectivity index (χ1v) is 8.02. The highest BCUT2D eigenvalue weighted by molar-refractivity contribution is 7.15. The predicted molar refractivity (Wildman–Crippen MR) is 87.2 cm³/mol. The van der Waals surface area contributed by atoms with Crippen molar-refractivity contribution in [2.45, 2.75) is 39.3 Å². The third-order valence-corrected chi connectivity index (χ3v) is 4.88. The van der Waals surface area contributed by atoms with Gasteiger partial charge in [-0.25, -0.2) is 9.37 Å². The largest absolute Gasteiger partial charge is 0.347 e. The molecule has 1 aromatic heterocycles. The molecular formula is C16H22FN3S. The minimum atomic E-state index is -0.179. The average molecular weight is 307 g/mol. The molecule has 0 saturated heterocycles. The summed E-state index contributed by atoms with van der Waals surface area (Å²) in [5.41, 5.74) is 7.58. The molecule has 0 fully saturated rings. The van der Waals surface area contributed by atoms with Crippen molar-refractivity contribution in [3.05, 3.63) is 46.2 Å². The summed E-state index contributed by atoms with van der Waals surface area (Å²) in [4.78, 5) is 7.82. The van der Waals surface area contributed by atoms with Crippen LogP contribution in [-0.2, 0) is 13.1 Å². The summed E-state index contributed by atoms with van der Waals surface area (Å²) in [6.45, 7) is 5.32. The molecule has 0 aliphatic carbocycles. The Morgan fingerprint density at radius 3 is 2.71 bits per heavy atom. The summed E-state index contributed by atoms with van der Waals surface area (Å²) in [6, 6.07) is 6.85. The second-order valence-electron chi connectivity index (χ2n) is 5.27. The van der Waals surface area contributed by atoms with Crippen LogP contribution in [0.15, 0.2) is 24.3 Å². The zero-order valence-corrected chi connectivity index (χ0v) is 13.6. The van der Waals surface area contributed by atoms with E-state index in [0.717, 1.165) is 22.1 Å². The summed E-state index contributed by atoms with van der Waals surface area (Å²) in [7, 11) is 1.94. The number of nitrogens with two attached hydrogens (primary N) is 1. The predicted octanol–water partition coefficient (Wildman–Crippen LogP) is 3.89. The summed E-state index contributed by atoms with van der Waals surface area (Å²) in [6.07, 6.45) is 1.03. The number of halogens is 1. The molecule has 114 valence electrons. The molecule has 2 N–H and O–H groups in total. The Hall–Kier alpha value is -1.46. The number of hydrogen-bond donors (Lipinski definition) is 1. The Kier molecular flexibility index (Phi) is 5.31.